The Labute approximate surface area is 139 Å². The Balaban J connectivity index is 1.95. The summed E-state index contributed by atoms with van der Waals surface area (Å²) in [6, 6.07) is 4.48. The molecule has 23 heavy (non-hydrogen) atoms. The fourth-order valence-corrected chi connectivity index (χ4v) is 2.53. The summed E-state index contributed by atoms with van der Waals surface area (Å²) in [4.78, 5) is 39.2. The number of halogens is 2. The maximum Gasteiger partial charge on any atom is 0.325 e. The molecule has 0 saturated carbocycles. The lowest BCUT2D eigenvalue weighted by Gasteiger charge is -2.07. The topological polar surface area (TPSA) is 94.8 Å². The van der Waals surface area contributed by atoms with Crippen LogP contribution in [-0.4, -0.2) is 15.9 Å². The Morgan fingerprint density at radius 1 is 1.30 bits per heavy atom. The van der Waals surface area contributed by atoms with Gasteiger partial charge in [0.05, 0.1) is 0 Å². The number of benzene rings is 1. The number of nitrogens with one attached hydrogen (secondary N) is 3. The smallest absolute Gasteiger partial charge is 0.325 e. The largest absolute Gasteiger partial charge is 0.352 e. The molecule has 6 nitrogen and oxygen atoms in total. The number of hydrogen-bond acceptors (Lipinski definition) is 3. The third kappa shape index (κ3) is 4.62. The molecule has 0 unspecified atom stereocenters. The SMILES string of the molecule is Cc1[nH]c(=O)[nH]c(=O)c1CCC(=O)NCc1cc(Br)ccc1F. The average molecular weight is 384 g/mol. The van der Waals surface area contributed by atoms with E-state index in [4.69, 9.17) is 0 Å². The highest BCUT2D eigenvalue weighted by atomic mass is 79.9. The van der Waals surface area contributed by atoms with Crippen molar-refractivity contribution in [1.82, 2.24) is 15.3 Å². The third-order valence-corrected chi connectivity index (χ3v) is 3.83. The monoisotopic (exact) mass is 383 g/mol. The van der Waals surface area contributed by atoms with Gasteiger partial charge in [0.15, 0.2) is 0 Å². The van der Waals surface area contributed by atoms with E-state index in [1.807, 2.05) is 0 Å². The molecule has 0 aliphatic carbocycles. The van der Waals surface area contributed by atoms with E-state index in [1.54, 1.807) is 19.1 Å². The van der Waals surface area contributed by atoms with Crippen LogP contribution >= 0.6 is 15.9 Å². The van der Waals surface area contributed by atoms with Crippen LogP contribution < -0.4 is 16.6 Å². The number of aromatic nitrogens is 2. The van der Waals surface area contributed by atoms with Gasteiger partial charge in [0.1, 0.15) is 5.82 Å². The third-order valence-electron chi connectivity index (χ3n) is 3.34. The molecule has 122 valence electrons. The minimum absolute atomic E-state index is 0.0606. The lowest BCUT2D eigenvalue weighted by Crippen LogP contribution is -2.29. The predicted molar refractivity (Wildman–Crippen MR) is 86.7 cm³/mol. The molecule has 1 amide bonds. The number of aromatic amines is 2. The van der Waals surface area contributed by atoms with Crippen molar-refractivity contribution in [3.63, 3.8) is 0 Å². The zero-order valence-corrected chi connectivity index (χ0v) is 13.9. The molecule has 0 saturated heterocycles. The summed E-state index contributed by atoms with van der Waals surface area (Å²) < 4.78 is 14.3. The summed E-state index contributed by atoms with van der Waals surface area (Å²) in [7, 11) is 0. The minimum Gasteiger partial charge on any atom is -0.352 e. The van der Waals surface area contributed by atoms with E-state index >= 15 is 0 Å². The normalized spacial score (nSPS) is 10.6. The van der Waals surface area contributed by atoms with E-state index in [9.17, 15) is 18.8 Å². The Bertz CT molecular complexity index is 845. The van der Waals surface area contributed by atoms with Crippen molar-refractivity contribution in [2.75, 3.05) is 0 Å². The van der Waals surface area contributed by atoms with Gasteiger partial charge in [-0.15, -0.1) is 0 Å². The zero-order valence-electron chi connectivity index (χ0n) is 12.3. The lowest BCUT2D eigenvalue weighted by atomic mass is 10.1. The summed E-state index contributed by atoms with van der Waals surface area (Å²) in [6.07, 6.45) is 0.246. The first-order valence-corrected chi connectivity index (χ1v) is 7.69. The first-order chi connectivity index (χ1) is 10.9. The Kier molecular flexibility index (Phi) is 5.49. The molecule has 8 heteroatoms. The Morgan fingerprint density at radius 2 is 2.04 bits per heavy atom. The van der Waals surface area contributed by atoms with Gasteiger partial charge in [0.2, 0.25) is 5.91 Å². The number of carbonyl (C=O) groups is 1. The maximum atomic E-state index is 13.6. The molecule has 1 aromatic carbocycles. The second-order valence-electron chi connectivity index (χ2n) is 5.02. The summed E-state index contributed by atoms with van der Waals surface area (Å²) >= 11 is 3.24. The van der Waals surface area contributed by atoms with Crippen molar-refractivity contribution >= 4 is 21.8 Å². The highest BCUT2D eigenvalue weighted by molar-refractivity contribution is 9.10. The number of aryl methyl sites for hydroxylation is 1. The van der Waals surface area contributed by atoms with Crippen molar-refractivity contribution < 1.29 is 9.18 Å². The van der Waals surface area contributed by atoms with Gasteiger partial charge >= 0.3 is 5.69 Å². The fourth-order valence-electron chi connectivity index (χ4n) is 2.13. The highest BCUT2D eigenvalue weighted by Crippen LogP contribution is 2.15. The van der Waals surface area contributed by atoms with Gasteiger partial charge in [-0.25, -0.2) is 9.18 Å². The predicted octanol–water partition coefficient (Wildman–Crippen LogP) is 1.52. The Morgan fingerprint density at radius 3 is 2.74 bits per heavy atom. The number of hydrogen-bond donors (Lipinski definition) is 3. The van der Waals surface area contributed by atoms with E-state index < -0.39 is 17.1 Å². The molecule has 2 aromatic rings. The van der Waals surface area contributed by atoms with Crippen molar-refractivity contribution in [2.45, 2.75) is 26.3 Å². The number of amides is 1. The Hall–Kier alpha value is -2.22. The van der Waals surface area contributed by atoms with E-state index in [2.05, 4.69) is 31.2 Å². The van der Waals surface area contributed by atoms with Gasteiger partial charge in [0, 0.05) is 34.3 Å². The van der Waals surface area contributed by atoms with Gasteiger partial charge in [-0.3, -0.25) is 14.6 Å². The first kappa shape index (κ1) is 17.1. The molecule has 0 radical (unpaired) electrons. The van der Waals surface area contributed by atoms with Gasteiger partial charge in [-0.1, -0.05) is 15.9 Å². The second-order valence-corrected chi connectivity index (χ2v) is 5.94. The molecule has 0 fully saturated rings. The molecule has 0 atom stereocenters. The van der Waals surface area contributed by atoms with E-state index in [1.165, 1.54) is 6.07 Å². The van der Waals surface area contributed by atoms with Crippen LogP contribution in [0.5, 0.6) is 0 Å². The fraction of sp³-hybridized carbons (Fsp3) is 0.267. The van der Waals surface area contributed by atoms with Crippen molar-refractivity contribution in [3.8, 4) is 0 Å². The highest BCUT2D eigenvalue weighted by Gasteiger charge is 2.10. The van der Waals surface area contributed by atoms with Crippen LogP contribution in [0.3, 0.4) is 0 Å². The standard InChI is InChI=1S/C15H15BrFN3O3/c1-8-11(14(22)20-15(23)19-8)3-5-13(21)18-7-9-6-10(16)2-4-12(9)17/h2,4,6H,3,5,7H2,1H3,(H,18,21)(H2,19,20,22,23). The quantitative estimate of drug-likeness (QED) is 0.730. The van der Waals surface area contributed by atoms with Crippen molar-refractivity contribution in [1.29, 1.82) is 0 Å². The molecule has 0 spiro atoms. The van der Waals surface area contributed by atoms with Gasteiger partial charge < -0.3 is 10.3 Å². The van der Waals surface area contributed by atoms with Crippen LogP contribution in [0.1, 0.15) is 23.2 Å². The number of rotatable bonds is 5. The maximum absolute atomic E-state index is 13.6. The van der Waals surface area contributed by atoms with E-state index in [0.717, 1.165) is 4.47 Å². The second kappa shape index (κ2) is 7.36. The number of H-pyrrole nitrogens is 2. The minimum atomic E-state index is -0.578. The summed E-state index contributed by atoms with van der Waals surface area (Å²) in [5.41, 5.74) is 0.0756. The molecule has 3 N–H and O–H groups in total. The van der Waals surface area contributed by atoms with Gasteiger partial charge in [-0.05, 0) is 31.5 Å². The number of carbonyl (C=O) groups excluding carboxylic acids is 1. The molecule has 0 bridgehead atoms. The summed E-state index contributed by atoms with van der Waals surface area (Å²) in [5.74, 6) is -0.712. The van der Waals surface area contributed by atoms with Crippen molar-refractivity contribution in [2.24, 2.45) is 0 Å². The molecular formula is C15H15BrFN3O3. The van der Waals surface area contributed by atoms with Crippen LogP contribution in [-0.2, 0) is 17.8 Å². The van der Waals surface area contributed by atoms with Crippen LogP contribution in [0.4, 0.5) is 4.39 Å². The zero-order chi connectivity index (χ0) is 17.0. The van der Waals surface area contributed by atoms with Crippen LogP contribution in [0.2, 0.25) is 0 Å². The van der Waals surface area contributed by atoms with Crippen LogP contribution in [0.15, 0.2) is 32.3 Å². The van der Waals surface area contributed by atoms with Gasteiger partial charge in [-0.2, -0.15) is 0 Å². The first-order valence-electron chi connectivity index (χ1n) is 6.89. The van der Waals surface area contributed by atoms with E-state index in [0.29, 0.717) is 16.8 Å². The van der Waals surface area contributed by atoms with Gasteiger partial charge in [0.25, 0.3) is 5.56 Å². The van der Waals surface area contributed by atoms with E-state index in [-0.39, 0.29) is 25.3 Å². The molecule has 0 aliphatic heterocycles. The van der Waals surface area contributed by atoms with Crippen LogP contribution in [0, 0.1) is 12.7 Å². The molecule has 2 rings (SSSR count). The van der Waals surface area contributed by atoms with Crippen LogP contribution in [0.25, 0.3) is 0 Å². The molecule has 1 aromatic heterocycles. The molecular weight excluding hydrogens is 369 g/mol. The van der Waals surface area contributed by atoms with Crippen molar-refractivity contribution in [3.05, 3.63) is 66.1 Å². The lowest BCUT2D eigenvalue weighted by molar-refractivity contribution is -0.121. The summed E-state index contributed by atoms with van der Waals surface area (Å²) in [6.45, 7) is 1.66. The molecule has 0 aliphatic rings. The molecule has 1 heterocycles. The summed E-state index contributed by atoms with van der Waals surface area (Å²) in [5, 5.41) is 2.60. The average Bonchev–Trinajstić information content (AvgIpc) is 2.47.